The zero-order valence-corrected chi connectivity index (χ0v) is 20.5. The van der Waals surface area contributed by atoms with Gasteiger partial charge in [-0.05, 0) is 61.7 Å². The van der Waals surface area contributed by atoms with Crippen molar-refractivity contribution in [2.75, 3.05) is 26.2 Å². The lowest BCUT2D eigenvalue weighted by atomic mass is 9.97. The Hall–Kier alpha value is -2.90. The van der Waals surface area contributed by atoms with Crippen molar-refractivity contribution in [3.8, 4) is 0 Å². The summed E-state index contributed by atoms with van der Waals surface area (Å²) in [4.78, 5) is 34.0. The van der Waals surface area contributed by atoms with Crippen LogP contribution in [0.3, 0.4) is 0 Å². The van der Waals surface area contributed by atoms with Gasteiger partial charge in [0.1, 0.15) is 5.82 Å². The normalized spacial score (nSPS) is 17.9. The van der Waals surface area contributed by atoms with Crippen LogP contribution in [0.1, 0.15) is 36.2 Å². The smallest absolute Gasteiger partial charge is 0.289 e. The van der Waals surface area contributed by atoms with E-state index in [2.05, 4.69) is 10.3 Å². The Morgan fingerprint density at radius 3 is 2.56 bits per heavy atom. The quantitative estimate of drug-likeness (QED) is 0.665. The summed E-state index contributed by atoms with van der Waals surface area (Å²) >= 11 is 12.1. The van der Waals surface area contributed by atoms with E-state index in [1.54, 1.807) is 16.0 Å². The van der Waals surface area contributed by atoms with Crippen molar-refractivity contribution in [3.63, 3.8) is 0 Å². The zero-order chi connectivity index (χ0) is 24.5. The van der Waals surface area contributed by atoms with E-state index < -0.39 is 17.3 Å². The number of hydrogen-bond donors (Lipinski definition) is 1. The molecule has 1 saturated heterocycles. The Kier molecular flexibility index (Phi) is 6.96. The van der Waals surface area contributed by atoms with Gasteiger partial charge in [-0.2, -0.15) is 0 Å². The molecule has 4 rings (SSSR count). The first-order chi connectivity index (χ1) is 16.2. The molecule has 0 aliphatic carbocycles. The molecule has 6 nitrogen and oxygen atoms in total. The molecule has 1 N–H and O–H groups in total. The molecule has 0 radical (unpaired) electrons. The zero-order valence-electron chi connectivity index (χ0n) is 18.9. The van der Waals surface area contributed by atoms with E-state index >= 15 is 0 Å². The molecule has 2 aliphatic rings. The molecule has 178 valence electrons. The van der Waals surface area contributed by atoms with Gasteiger partial charge >= 0.3 is 0 Å². The number of aliphatic imine (C=N–C) groups is 1. The third-order valence-corrected chi connectivity index (χ3v) is 6.50. The van der Waals surface area contributed by atoms with Gasteiger partial charge in [0.05, 0.1) is 11.1 Å². The van der Waals surface area contributed by atoms with Crippen molar-refractivity contribution >= 4 is 46.4 Å². The maximum atomic E-state index is 14.2. The van der Waals surface area contributed by atoms with Crippen molar-refractivity contribution in [3.05, 3.63) is 75.7 Å². The molecule has 0 aromatic heterocycles. The summed E-state index contributed by atoms with van der Waals surface area (Å²) in [6.07, 6.45) is 2.46. The van der Waals surface area contributed by atoms with Gasteiger partial charge in [-0.1, -0.05) is 35.3 Å². The Bertz CT molecular complexity index is 1200. The number of amidine groups is 1. The summed E-state index contributed by atoms with van der Waals surface area (Å²) in [6.45, 7) is 5.04. The van der Waals surface area contributed by atoms with Gasteiger partial charge < -0.3 is 15.1 Å². The molecule has 0 bridgehead atoms. The number of hydrogen-bond acceptors (Lipinski definition) is 4. The summed E-state index contributed by atoms with van der Waals surface area (Å²) in [5, 5.41) is 4.00. The number of rotatable bonds is 3. The largest absolute Gasteiger partial charge is 0.342 e. The van der Waals surface area contributed by atoms with E-state index in [4.69, 9.17) is 23.2 Å². The molecule has 34 heavy (non-hydrogen) atoms. The third kappa shape index (κ3) is 5.10. The van der Waals surface area contributed by atoms with E-state index in [0.29, 0.717) is 29.6 Å². The maximum absolute atomic E-state index is 14.2. The van der Waals surface area contributed by atoms with Crippen LogP contribution in [0.2, 0.25) is 10.0 Å². The molecule has 9 heteroatoms. The maximum Gasteiger partial charge on any atom is 0.289 e. The fourth-order valence-electron chi connectivity index (χ4n) is 4.27. The summed E-state index contributed by atoms with van der Waals surface area (Å²) < 4.78 is 14.2. The van der Waals surface area contributed by atoms with Crippen LogP contribution in [-0.2, 0) is 4.79 Å². The van der Waals surface area contributed by atoms with E-state index in [-0.39, 0.29) is 30.4 Å². The van der Waals surface area contributed by atoms with E-state index in [1.807, 2.05) is 38.1 Å². The Morgan fingerprint density at radius 1 is 1.06 bits per heavy atom. The van der Waals surface area contributed by atoms with Gasteiger partial charge in [0.15, 0.2) is 5.84 Å². The molecule has 2 aliphatic heterocycles. The first-order valence-electron chi connectivity index (χ1n) is 11.0. The van der Waals surface area contributed by atoms with Crippen LogP contribution in [0.5, 0.6) is 0 Å². The fourth-order valence-corrected chi connectivity index (χ4v) is 4.63. The van der Waals surface area contributed by atoms with E-state index in [0.717, 1.165) is 11.1 Å². The Labute approximate surface area is 208 Å². The minimum absolute atomic E-state index is 0.0726. The van der Waals surface area contributed by atoms with Crippen LogP contribution in [0.25, 0.3) is 5.57 Å². The van der Waals surface area contributed by atoms with Gasteiger partial charge in [0.25, 0.3) is 11.8 Å². The topological polar surface area (TPSA) is 65.0 Å². The average molecular weight is 503 g/mol. The molecule has 2 amide bonds. The van der Waals surface area contributed by atoms with Crippen molar-refractivity contribution in [2.45, 2.75) is 25.8 Å². The molecule has 1 fully saturated rings. The van der Waals surface area contributed by atoms with Crippen LogP contribution in [0, 0.1) is 5.82 Å². The lowest BCUT2D eigenvalue weighted by molar-refractivity contribution is -0.132. The number of carbonyl (C=O) groups excluding carboxylic acids is 2. The second kappa shape index (κ2) is 9.76. The molecule has 0 spiro atoms. The predicted molar refractivity (Wildman–Crippen MR) is 133 cm³/mol. The summed E-state index contributed by atoms with van der Waals surface area (Å²) in [7, 11) is 0. The molecule has 2 aromatic carbocycles. The van der Waals surface area contributed by atoms with Gasteiger partial charge in [-0.3, -0.25) is 14.6 Å². The molecule has 2 heterocycles. The molecular formula is C25H25Cl2FN4O2. The second-order valence-corrected chi connectivity index (χ2v) is 9.80. The average Bonchev–Trinajstić information content (AvgIpc) is 3.05. The van der Waals surface area contributed by atoms with Crippen molar-refractivity contribution in [1.29, 1.82) is 0 Å². The van der Waals surface area contributed by atoms with Crippen LogP contribution < -0.4 is 5.32 Å². The SMILES string of the molecule is CC1(C)CN(C(=O)c2cc(Cl)ccc2F)CCN1C(=O)C1=NCCC(c2cccc(Cl)c2)=CN1. The van der Waals surface area contributed by atoms with E-state index in [1.165, 1.54) is 18.2 Å². The minimum atomic E-state index is -0.684. The summed E-state index contributed by atoms with van der Waals surface area (Å²) in [5.74, 6) is -1.05. The van der Waals surface area contributed by atoms with Crippen molar-refractivity contribution in [2.24, 2.45) is 4.99 Å². The number of nitrogens with one attached hydrogen (secondary N) is 1. The van der Waals surface area contributed by atoms with Crippen LogP contribution in [0.4, 0.5) is 4.39 Å². The van der Waals surface area contributed by atoms with Crippen LogP contribution in [-0.4, -0.2) is 59.2 Å². The molecule has 0 atom stereocenters. The second-order valence-electron chi connectivity index (χ2n) is 8.92. The highest BCUT2D eigenvalue weighted by Gasteiger charge is 2.40. The Balaban J connectivity index is 1.47. The first-order valence-corrected chi connectivity index (χ1v) is 11.7. The number of halogens is 3. The van der Waals surface area contributed by atoms with Gasteiger partial charge in [-0.25, -0.2) is 4.39 Å². The monoisotopic (exact) mass is 502 g/mol. The minimum Gasteiger partial charge on any atom is -0.342 e. The fraction of sp³-hybridized carbons (Fsp3) is 0.320. The lowest BCUT2D eigenvalue weighted by Crippen LogP contribution is -2.64. The first kappa shape index (κ1) is 24.2. The van der Waals surface area contributed by atoms with Crippen molar-refractivity contribution in [1.82, 2.24) is 15.1 Å². The summed E-state index contributed by atoms with van der Waals surface area (Å²) in [5.41, 5.74) is 1.23. The Morgan fingerprint density at radius 2 is 1.82 bits per heavy atom. The number of carbonyl (C=O) groups is 2. The molecule has 2 aromatic rings. The highest BCUT2D eigenvalue weighted by atomic mass is 35.5. The predicted octanol–water partition coefficient (Wildman–Crippen LogP) is 4.63. The highest BCUT2D eigenvalue weighted by Crippen LogP contribution is 2.26. The molecule has 0 saturated carbocycles. The molecular weight excluding hydrogens is 478 g/mol. The lowest BCUT2D eigenvalue weighted by Gasteiger charge is -2.47. The van der Waals surface area contributed by atoms with Crippen LogP contribution in [0.15, 0.2) is 53.7 Å². The number of benzene rings is 2. The van der Waals surface area contributed by atoms with E-state index in [9.17, 15) is 14.0 Å². The van der Waals surface area contributed by atoms with Crippen LogP contribution >= 0.6 is 23.2 Å². The number of piperazine rings is 1. The standard InChI is InChI=1S/C25H25Cl2FN4O2/c1-25(2)15-31(23(33)20-13-19(27)6-7-21(20)28)10-11-32(25)24(34)22-29-9-8-17(14-30-22)16-4-3-5-18(26)12-16/h3-7,12-14H,8-11,15H2,1-2H3,(H,29,30). The van der Waals surface area contributed by atoms with Crippen molar-refractivity contribution < 1.29 is 14.0 Å². The number of amides is 2. The van der Waals surface area contributed by atoms with Gasteiger partial charge in [0, 0.05) is 42.4 Å². The number of nitrogens with zero attached hydrogens (tertiary/aromatic N) is 3. The van der Waals surface area contributed by atoms with Gasteiger partial charge in [-0.15, -0.1) is 0 Å². The third-order valence-electron chi connectivity index (χ3n) is 6.03. The molecule has 0 unspecified atom stereocenters. The summed E-state index contributed by atoms with van der Waals surface area (Å²) in [6, 6.07) is 11.5. The van der Waals surface area contributed by atoms with Gasteiger partial charge in [0.2, 0.25) is 0 Å². The highest BCUT2D eigenvalue weighted by molar-refractivity contribution is 6.38.